The van der Waals surface area contributed by atoms with Crippen molar-refractivity contribution in [3.05, 3.63) is 192 Å². The highest BCUT2D eigenvalue weighted by molar-refractivity contribution is 7.54. The summed E-state index contributed by atoms with van der Waals surface area (Å²) in [5.74, 6) is -1.50. The molecule has 2 amide bonds. The highest BCUT2D eigenvalue weighted by atomic mass is 31.2. The van der Waals surface area contributed by atoms with E-state index < -0.39 is 24.4 Å². The molecule has 8 aromatic rings. The molecule has 1 aliphatic rings. The van der Waals surface area contributed by atoms with Crippen molar-refractivity contribution in [1.82, 2.24) is 10.2 Å². The number of piperidine rings is 1. The summed E-state index contributed by atoms with van der Waals surface area (Å²) in [4.78, 5) is 69.5. The van der Waals surface area contributed by atoms with E-state index in [9.17, 15) is 23.9 Å². The molecule has 1 aliphatic heterocycles. The molecule has 1 saturated heterocycles. The Kier molecular flexibility index (Phi) is 9.49. The number of fused-ring (bicyclic) bond motifs is 4. The topological polar surface area (TPSA) is 124 Å². The minimum absolute atomic E-state index is 0.0108. The van der Waals surface area contributed by atoms with Gasteiger partial charge in [-0.3, -0.25) is 18.9 Å². The lowest BCUT2D eigenvalue weighted by molar-refractivity contribution is 0.0697. The molecule has 8 aromatic carbocycles. The first-order chi connectivity index (χ1) is 28.1. The molecule has 0 atom stereocenters. The molecule has 1 heterocycles. The van der Waals surface area contributed by atoms with E-state index >= 15 is 4.79 Å². The molecule has 0 unspecified atom stereocenters. The second-order valence-electron chi connectivity index (χ2n) is 15.0. The van der Waals surface area contributed by atoms with Crippen molar-refractivity contribution < 1.29 is 28.7 Å². The monoisotopic (exact) mass is 782 g/mol. The van der Waals surface area contributed by atoms with Crippen LogP contribution in [0, 0.1) is 0 Å². The summed E-state index contributed by atoms with van der Waals surface area (Å²) in [6, 6.07) is 48.5. The van der Waals surface area contributed by atoms with Crippen LogP contribution in [0.1, 0.15) is 55.0 Å². The van der Waals surface area contributed by atoms with Crippen LogP contribution in [0.15, 0.2) is 164 Å². The van der Waals surface area contributed by atoms with Gasteiger partial charge in [-0.15, -0.1) is 0 Å². The Bertz CT molecular complexity index is 2890. The van der Waals surface area contributed by atoms with Gasteiger partial charge in [0.15, 0.2) is 10.9 Å². The number of hydrogen-bond donors (Lipinski definition) is 3. The molecule has 3 N–H and O–H groups in total. The van der Waals surface area contributed by atoms with Crippen LogP contribution in [0.5, 0.6) is 0 Å². The summed E-state index contributed by atoms with van der Waals surface area (Å²) in [5, 5.41) is 6.35. The summed E-state index contributed by atoms with van der Waals surface area (Å²) < 4.78 is 14.6. The number of amides is 2. The van der Waals surface area contributed by atoms with E-state index in [1.165, 1.54) is 0 Å². The van der Waals surface area contributed by atoms with Crippen LogP contribution in [0.4, 0.5) is 0 Å². The van der Waals surface area contributed by atoms with E-state index in [0.29, 0.717) is 63.8 Å². The number of Topliss-reactive ketones (excluding diaryl/α,β-unsaturated/α-hetero) is 1. The zero-order valence-corrected chi connectivity index (χ0v) is 32.3. The van der Waals surface area contributed by atoms with Gasteiger partial charge in [0.25, 0.3) is 11.8 Å². The van der Waals surface area contributed by atoms with Crippen LogP contribution in [-0.2, 0) is 9.72 Å². The van der Waals surface area contributed by atoms with Crippen molar-refractivity contribution in [2.24, 2.45) is 0 Å². The highest BCUT2D eigenvalue weighted by Gasteiger charge is 2.58. The van der Waals surface area contributed by atoms with Crippen molar-refractivity contribution >= 4 is 68.3 Å². The minimum atomic E-state index is -5.50. The van der Waals surface area contributed by atoms with Gasteiger partial charge in [0, 0.05) is 30.3 Å². The molecular weight excluding hydrogens is 744 g/mol. The molecule has 286 valence electrons. The average Bonchev–Trinajstić information content (AvgIpc) is 3.25. The highest BCUT2D eigenvalue weighted by Crippen LogP contribution is 2.64. The summed E-state index contributed by atoms with van der Waals surface area (Å²) in [6.45, 7) is 0.840. The number of carbonyl (C=O) groups is 3. The standard InChI is InChI=1S/C49H39N2O6P/c52-46(49(58(55,56)57,44-21-9-17-33-12-5-7-19-40(33)44)45-22-10-18-34-13-6-8-20-41(34)45)42-30-36-15-3-4-16-37(36)31-43(42)47(53)50-39-25-27-51(28-26-39)48(54)38-24-23-32-11-1-2-14-35(32)29-38/h1-24,29-31,39H,25-28H2,(H,50,53)(H2,55,56,57). The fourth-order valence-corrected chi connectivity index (χ4v) is 10.1. The van der Waals surface area contributed by atoms with Crippen LogP contribution >= 0.6 is 7.60 Å². The predicted molar refractivity (Wildman–Crippen MR) is 229 cm³/mol. The summed E-state index contributed by atoms with van der Waals surface area (Å²) in [6.07, 6.45) is 0.973. The van der Waals surface area contributed by atoms with Crippen LogP contribution in [0.2, 0.25) is 0 Å². The van der Waals surface area contributed by atoms with Crippen LogP contribution in [0.25, 0.3) is 43.1 Å². The van der Waals surface area contributed by atoms with E-state index in [2.05, 4.69) is 5.32 Å². The number of hydrogen-bond acceptors (Lipinski definition) is 4. The Morgan fingerprint density at radius 1 is 0.552 bits per heavy atom. The Balaban J connectivity index is 1.13. The maximum absolute atomic E-state index is 15.9. The summed E-state index contributed by atoms with van der Waals surface area (Å²) >= 11 is 0. The Labute approximate surface area is 334 Å². The molecule has 9 rings (SSSR count). The van der Waals surface area contributed by atoms with Crippen molar-refractivity contribution in [2.45, 2.75) is 24.0 Å². The van der Waals surface area contributed by atoms with E-state index in [1.807, 2.05) is 103 Å². The predicted octanol–water partition coefficient (Wildman–Crippen LogP) is 9.64. The first-order valence-electron chi connectivity index (χ1n) is 19.3. The molecule has 0 bridgehead atoms. The third kappa shape index (κ3) is 6.36. The molecule has 58 heavy (non-hydrogen) atoms. The molecule has 0 aliphatic carbocycles. The molecule has 0 spiro atoms. The van der Waals surface area contributed by atoms with E-state index in [1.54, 1.807) is 65.6 Å². The molecule has 0 saturated carbocycles. The quantitative estimate of drug-likeness (QED) is 0.104. The third-order valence-electron chi connectivity index (χ3n) is 11.6. The summed E-state index contributed by atoms with van der Waals surface area (Å²) in [7, 11) is -5.50. The van der Waals surface area contributed by atoms with Gasteiger partial charge in [-0.25, -0.2) is 0 Å². The van der Waals surface area contributed by atoms with Crippen molar-refractivity contribution in [1.29, 1.82) is 0 Å². The third-order valence-corrected chi connectivity index (χ3v) is 13.2. The van der Waals surface area contributed by atoms with Crippen molar-refractivity contribution in [2.75, 3.05) is 13.1 Å². The molecule has 0 aromatic heterocycles. The number of carbonyl (C=O) groups excluding carboxylic acids is 3. The zero-order chi connectivity index (χ0) is 40.0. The van der Waals surface area contributed by atoms with Gasteiger partial charge in [-0.2, -0.15) is 0 Å². The lowest BCUT2D eigenvalue weighted by atomic mass is 9.78. The van der Waals surface area contributed by atoms with Crippen LogP contribution in [-0.4, -0.2) is 51.4 Å². The Hall–Kier alpha value is -6.44. The SMILES string of the molecule is O=C(NC1CCN(C(=O)c2ccc3ccccc3c2)CC1)c1cc2ccccc2cc1C(=O)C(c1cccc2ccccc12)(c1cccc2ccccc12)P(=O)(O)O. The van der Waals surface area contributed by atoms with Crippen molar-refractivity contribution in [3.63, 3.8) is 0 Å². The average molecular weight is 783 g/mol. The maximum Gasteiger partial charge on any atom is 0.348 e. The van der Waals surface area contributed by atoms with Crippen LogP contribution in [0.3, 0.4) is 0 Å². The van der Waals surface area contributed by atoms with Gasteiger partial charge in [-0.05, 0) is 91.3 Å². The summed E-state index contributed by atoms with van der Waals surface area (Å²) in [5.41, 5.74) is 0.791. The second kappa shape index (κ2) is 14.8. The molecule has 1 fully saturated rings. The number of benzene rings is 8. The molecule has 8 nitrogen and oxygen atoms in total. The number of rotatable bonds is 8. The molecular formula is C49H39N2O6P. The van der Waals surface area contributed by atoms with Gasteiger partial charge in [-0.1, -0.05) is 140 Å². The number of ketones is 1. The first kappa shape index (κ1) is 37.2. The van der Waals surface area contributed by atoms with Gasteiger partial charge in [0.05, 0.1) is 5.56 Å². The van der Waals surface area contributed by atoms with E-state index in [4.69, 9.17) is 0 Å². The Morgan fingerprint density at radius 2 is 1.02 bits per heavy atom. The fourth-order valence-electron chi connectivity index (χ4n) is 8.72. The smallest absolute Gasteiger partial charge is 0.348 e. The van der Waals surface area contributed by atoms with Gasteiger partial charge >= 0.3 is 7.60 Å². The second-order valence-corrected chi connectivity index (χ2v) is 16.7. The van der Waals surface area contributed by atoms with Crippen molar-refractivity contribution in [3.8, 4) is 0 Å². The van der Waals surface area contributed by atoms with E-state index in [0.717, 1.165) is 10.8 Å². The first-order valence-corrected chi connectivity index (χ1v) is 20.9. The number of nitrogens with one attached hydrogen (secondary N) is 1. The number of likely N-dealkylation sites (tertiary alicyclic amines) is 1. The minimum Gasteiger partial charge on any atom is -0.349 e. The largest absolute Gasteiger partial charge is 0.349 e. The molecule has 9 heteroatoms. The van der Waals surface area contributed by atoms with Gasteiger partial charge in [0.2, 0.25) is 0 Å². The normalized spacial score (nSPS) is 13.9. The van der Waals surface area contributed by atoms with Crippen LogP contribution < -0.4 is 5.32 Å². The van der Waals surface area contributed by atoms with Gasteiger partial charge < -0.3 is 20.0 Å². The maximum atomic E-state index is 15.9. The lowest BCUT2D eigenvalue weighted by Gasteiger charge is -2.36. The van der Waals surface area contributed by atoms with E-state index in [-0.39, 0.29) is 34.2 Å². The Morgan fingerprint density at radius 3 is 1.57 bits per heavy atom. The number of nitrogens with zero attached hydrogens (tertiary/aromatic N) is 1. The molecule has 0 radical (unpaired) electrons. The fraction of sp³-hybridized carbons (Fsp3) is 0.122. The lowest BCUT2D eigenvalue weighted by Crippen LogP contribution is -2.47. The van der Waals surface area contributed by atoms with Gasteiger partial charge in [0.1, 0.15) is 0 Å². The zero-order valence-electron chi connectivity index (χ0n) is 31.4.